The van der Waals surface area contributed by atoms with Gasteiger partial charge in [-0.15, -0.1) is 0 Å². The number of sulfonamides is 1. The molecule has 26 heavy (non-hydrogen) atoms. The topological polar surface area (TPSA) is 108 Å². The summed E-state index contributed by atoms with van der Waals surface area (Å²) in [5, 5.41) is 13.6. The summed E-state index contributed by atoms with van der Waals surface area (Å²) in [4.78, 5) is 16.7. The maximum atomic E-state index is 12.3. The standard InChI is InChI=1S/C18H23N3O4S/c1-26(24,25)20-7-6-17(23)21-18(13-9-15(22)10-13)14-8-12-4-2-3-5-16(12)19-11-14/h2-5,8,11,13,15,18,20,22H,6-7,9-10H2,1H3,(H,21,23). The highest BCUT2D eigenvalue weighted by Gasteiger charge is 2.35. The van der Waals surface area contributed by atoms with Crippen LogP contribution in [0.4, 0.5) is 0 Å². The van der Waals surface area contributed by atoms with Gasteiger partial charge < -0.3 is 10.4 Å². The molecule has 2 aromatic rings. The molecule has 7 nitrogen and oxygen atoms in total. The average Bonchev–Trinajstić information content (AvgIpc) is 2.55. The Bertz CT molecular complexity index is 894. The molecule has 1 aliphatic rings. The summed E-state index contributed by atoms with van der Waals surface area (Å²) in [5.41, 5.74) is 1.78. The molecule has 1 heterocycles. The molecular formula is C18H23N3O4S. The second-order valence-corrected chi connectivity index (χ2v) is 8.64. The van der Waals surface area contributed by atoms with Crippen LogP contribution < -0.4 is 10.0 Å². The van der Waals surface area contributed by atoms with Gasteiger partial charge in [0.15, 0.2) is 0 Å². The van der Waals surface area contributed by atoms with Crippen molar-refractivity contribution in [1.82, 2.24) is 15.0 Å². The third kappa shape index (κ3) is 4.78. The van der Waals surface area contributed by atoms with Crippen molar-refractivity contribution in [3.63, 3.8) is 0 Å². The van der Waals surface area contributed by atoms with E-state index in [9.17, 15) is 18.3 Å². The van der Waals surface area contributed by atoms with Crippen molar-refractivity contribution in [1.29, 1.82) is 0 Å². The average molecular weight is 377 g/mol. The largest absolute Gasteiger partial charge is 0.393 e. The van der Waals surface area contributed by atoms with Gasteiger partial charge in [0.2, 0.25) is 15.9 Å². The Kier molecular flexibility index (Phi) is 5.55. The highest BCUT2D eigenvalue weighted by atomic mass is 32.2. The minimum absolute atomic E-state index is 0.0554. The number of pyridine rings is 1. The molecule has 140 valence electrons. The monoisotopic (exact) mass is 377 g/mol. The number of aliphatic hydroxyl groups excluding tert-OH is 1. The minimum Gasteiger partial charge on any atom is -0.393 e. The lowest BCUT2D eigenvalue weighted by Crippen LogP contribution is -2.42. The second-order valence-electron chi connectivity index (χ2n) is 6.81. The van der Waals surface area contributed by atoms with Crippen LogP contribution in [0.25, 0.3) is 10.9 Å². The van der Waals surface area contributed by atoms with Crippen molar-refractivity contribution in [3.05, 3.63) is 42.1 Å². The van der Waals surface area contributed by atoms with E-state index in [1.54, 1.807) is 6.20 Å². The van der Waals surface area contributed by atoms with Gasteiger partial charge in [0.25, 0.3) is 0 Å². The number of para-hydroxylation sites is 1. The molecule has 3 N–H and O–H groups in total. The molecule has 1 fully saturated rings. The van der Waals surface area contributed by atoms with E-state index in [4.69, 9.17) is 0 Å². The molecule has 1 aromatic heterocycles. The van der Waals surface area contributed by atoms with Crippen LogP contribution in [-0.4, -0.2) is 43.3 Å². The molecule has 1 aromatic carbocycles. The summed E-state index contributed by atoms with van der Waals surface area (Å²) in [6.07, 6.45) is 3.79. The fourth-order valence-corrected chi connectivity index (χ4v) is 3.70. The summed E-state index contributed by atoms with van der Waals surface area (Å²) in [6, 6.07) is 9.51. The van der Waals surface area contributed by atoms with Gasteiger partial charge in [-0.05, 0) is 36.5 Å². The number of nitrogens with one attached hydrogen (secondary N) is 2. The van der Waals surface area contributed by atoms with Crippen LogP contribution in [0.2, 0.25) is 0 Å². The Morgan fingerprint density at radius 2 is 2.08 bits per heavy atom. The molecule has 0 saturated heterocycles. The third-order valence-corrected chi connectivity index (χ3v) is 5.35. The van der Waals surface area contributed by atoms with Gasteiger partial charge in [-0.3, -0.25) is 9.78 Å². The lowest BCUT2D eigenvalue weighted by atomic mass is 9.75. The summed E-state index contributed by atoms with van der Waals surface area (Å²) in [6.45, 7) is 0.0562. The minimum atomic E-state index is -3.31. The molecule has 1 atom stereocenters. The zero-order chi connectivity index (χ0) is 18.7. The first kappa shape index (κ1) is 18.8. The summed E-state index contributed by atoms with van der Waals surface area (Å²) >= 11 is 0. The quantitative estimate of drug-likeness (QED) is 0.670. The predicted octanol–water partition coefficient (Wildman–Crippen LogP) is 1.10. The van der Waals surface area contributed by atoms with Crippen molar-refractivity contribution in [2.75, 3.05) is 12.8 Å². The lowest BCUT2D eigenvalue weighted by molar-refractivity contribution is -0.122. The highest BCUT2D eigenvalue weighted by molar-refractivity contribution is 7.88. The normalized spacial score (nSPS) is 21.2. The van der Waals surface area contributed by atoms with Crippen LogP contribution in [0, 0.1) is 5.92 Å². The Morgan fingerprint density at radius 3 is 2.77 bits per heavy atom. The maximum absolute atomic E-state index is 12.3. The van der Waals surface area contributed by atoms with Gasteiger partial charge in [-0.2, -0.15) is 0 Å². The van der Waals surface area contributed by atoms with Gasteiger partial charge in [0.05, 0.1) is 23.9 Å². The molecule has 1 saturated carbocycles. The first-order valence-corrected chi connectivity index (χ1v) is 10.5. The third-order valence-electron chi connectivity index (χ3n) is 4.62. The van der Waals surface area contributed by atoms with E-state index in [1.165, 1.54) is 0 Å². The number of aliphatic hydroxyl groups is 1. The van der Waals surface area contributed by atoms with Crippen LogP contribution in [0.1, 0.15) is 30.9 Å². The lowest BCUT2D eigenvalue weighted by Gasteiger charge is -2.38. The molecule has 1 amide bonds. The van der Waals surface area contributed by atoms with Crippen molar-refractivity contribution in [3.8, 4) is 0 Å². The van der Waals surface area contributed by atoms with Crippen LogP contribution in [0.15, 0.2) is 36.5 Å². The number of carbonyl (C=O) groups is 1. The Balaban J connectivity index is 1.73. The zero-order valence-electron chi connectivity index (χ0n) is 14.6. The number of aromatic nitrogens is 1. The number of rotatable bonds is 7. The Labute approximate surface area is 152 Å². The molecule has 1 unspecified atom stereocenters. The van der Waals surface area contributed by atoms with E-state index in [2.05, 4.69) is 15.0 Å². The summed E-state index contributed by atoms with van der Waals surface area (Å²) in [5.74, 6) is -0.0968. The number of fused-ring (bicyclic) bond motifs is 1. The Hall–Kier alpha value is -2.03. The van der Waals surface area contributed by atoms with E-state index >= 15 is 0 Å². The summed E-state index contributed by atoms with van der Waals surface area (Å²) < 4.78 is 24.5. The highest BCUT2D eigenvalue weighted by Crippen LogP contribution is 2.38. The molecule has 0 spiro atoms. The number of benzene rings is 1. The van der Waals surface area contributed by atoms with Crippen LogP contribution in [-0.2, 0) is 14.8 Å². The van der Waals surface area contributed by atoms with E-state index < -0.39 is 10.0 Å². The van der Waals surface area contributed by atoms with E-state index in [0.29, 0.717) is 12.8 Å². The molecule has 1 aliphatic carbocycles. The number of amides is 1. The number of hydrogen-bond acceptors (Lipinski definition) is 5. The van der Waals surface area contributed by atoms with Crippen molar-refractivity contribution in [2.45, 2.75) is 31.4 Å². The van der Waals surface area contributed by atoms with Crippen molar-refractivity contribution >= 4 is 26.8 Å². The van der Waals surface area contributed by atoms with E-state index in [0.717, 1.165) is 22.7 Å². The Morgan fingerprint density at radius 1 is 1.35 bits per heavy atom. The second kappa shape index (κ2) is 7.69. The fraction of sp³-hybridized carbons (Fsp3) is 0.444. The molecular weight excluding hydrogens is 354 g/mol. The van der Waals surface area contributed by atoms with E-state index in [1.807, 2.05) is 30.3 Å². The first-order valence-electron chi connectivity index (χ1n) is 8.58. The summed E-state index contributed by atoms with van der Waals surface area (Å²) in [7, 11) is -3.31. The van der Waals surface area contributed by atoms with Crippen LogP contribution in [0.3, 0.4) is 0 Å². The predicted molar refractivity (Wildman–Crippen MR) is 98.8 cm³/mol. The van der Waals surface area contributed by atoms with Gasteiger partial charge in [0.1, 0.15) is 0 Å². The first-order chi connectivity index (χ1) is 12.3. The fourth-order valence-electron chi connectivity index (χ4n) is 3.23. The van der Waals surface area contributed by atoms with Crippen molar-refractivity contribution < 1.29 is 18.3 Å². The van der Waals surface area contributed by atoms with Gasteiger partial charge in [-0.25, -0.2) is 13.1 Å². The zero-order valence-corrected chi connectivity index (χ0v) is 15.4. The van der Waals surface area contributed by atoms with Crippen LogP contribution >= 0.6 is 0 Å². The molecule has 0 bridgehead atoms. The SMILES string of the molecule is CS(=O)(=O)NCCC(=O)NC(c1cnc2ccccc2c1)C1CC(O)C1. The smallest absolute Gasteiger partial charge is 0.221 e. The maximum Gasteiger partial charge on any atom is 0.221 e. The van der Waals surface area contributed by atoms with Crippen molar-refractivity contribution in [2.24, 2.45) is 5.92 Å². The van der Waals surface area contributed by atoms with Gasteiger partial charge >= 0.3 is 0 Å². The molecule has 0 radical (unpaired) electrons. The number of carbonyl (C=O) groups excluding carboxylic acids is 1. The van der Waals surface area contributed by atoms with Gasteiger partial charge in [-0.1, -0.05) is 18.2 Å². The van der Waals surface area contributed by atoms with Gasteiger partial charge in [0, 0.05) is 24.5 Å². The number of hydrogen-bond donors (Lipinski definition) is 3. The number of nitrogens with zero attached hydrogens (tertiary/aromatic N) is 1. The van der Waals surface area contributed by atoms with E-state index in [-0.39, 0.29) is 36.9 Å². The molecule has 8 heteroatoms. The molecule has 3 rings (SSSR count). The molecule has 0 aliphatic heterocycles. The van der Waals surface area contributed by atoms with Crippen LogP contribution in [0.5, 0.6) is 0 Å².